The van der Waals surface area contributed by atoms with Crippen molar-refractivity contribution >= 4 is 10.9 Å². The Morgan fingerprint density at radius 3 is 3.18 bits per heavy atom. The van der Waals surface area contributed by atoms with E-state index in [-0.39, 0.29) is 0 Å². The summed E-state index contributed by atoms with van der Waals surface area (Å²) < 4.78 is 5.87. The topological polar surface area (TPSA) is 37.0 Å². The zero-order chi connectivity index (χ0) is 11.7. The molecule has 17 heavy (non-hydrogen) atoms. The molecule has 1 atom stereocenters. The Morgan fingerprint density at radius 1 is 1.41 bits per heavy atom. The van der Waals surface area contributed by atoms with E-state index in [9.17, 15) is 0 Å². The highest BCUT2D eigenvalue weighted by Crippen LogP contribution is 2.23. The van der Waals surface area contributed by atoms with E-state index < -0.39 is 0 Å². The average Bonchev–Trinajstić information content (AvgIpc) is 2.97. The Kier molecular flexibility index (Phi) is 2.77. The maximum absolute atomic E-state index is 5.87. The Bertz CT molecular complexity index is 512. The molecule has 1 saturated heterocycles. The molecule has 1 aliphatic heterocycles. The number of benzene rings is 1. The summed E-state index contributed by atoms with van der Waals surface area (Å²) in [7, 11) is 0. The summed E-state index contributed by atoms with van der Waals surface area (Å²) in [6.45, 7) is 5.15. The summed E-state index contributed by atoms with van der Waals surface area (Å²) >= 11 is 0. The van der Waals surface area contributed by atoms with Gasteiger partial charge in [-0.1, -0.05) is 0 Å². The van der Waals surface area contributed by atoms with Gasteiger partial charge in [-0.25, -0.2) is 0 Å². The predicted molar refractivity (Wildman–Crippen MR) is 69.5 cm³/mol. The van der Waals surface area contributed by atoms with Gasteiger partial charge >= 0.3 is 0 Å². The number of aryl methyl sites for hydroxylation is 1. The molecule has 0 aliphatic carbocycles. The fraction of sp³-hybridized carbons (Fsp3) is 0.429. The first-order valence-corrected chi connectivity index (χ1v) is 6.24. The van der Waals surface area contributed by atoms with Crippen molar-refractivity contribution in [1.29, 1.82) is 0 Å². The van der Waals surface area contributed by atoms with Gasteiger partial charge in [0.05, 0.1) is 6.61 Å². The molecule has 90 valence electrons. The normalized spacial score (nSPS) is 19.9. The molecule has 2 N–H and O–H groups in total. The number of fused-ring (bicyclic) bond motifs is 1. The molecule has 2 aromatic rings. The lowest BCUT2D eigenvalue weighted by molar-refractivity contribution is 0.260. The van der Waals surface area contributed by atoms with Crippen LogP contribution in [0.1, 0.15) is 12.0 Å². The Hall–Kier alpha value is -1.48. The van der Waals surface area contributed by atoms with E-state index >= 15 is 0 Å². The molecule has 3 rings (SSSR count). The van der Waals surface area contributed by atoms with E-state index in [0.29, 0.717) is 5.92 Å². The molecule has 0 bridgehead atoms. The monoisotopic (exact) mass is 230 g/mol. The van der Waals surface area contributed by atoms with Gasteiger partial charge in [0.25, 0.3) is 0 Å². The van der Waals surface area contributed by atoms with Gasteiger partial charge in [0.1, 0.15) is 5.75 Å². The Morgan fingerprint density at radius 2 is 2.35 bits per heavy atom. The Labute approximate surface area is 101 Å². The summed E-state index contributed by atoms with van der Waals surface area (Å²) in [5, 5.41) is 4.61. The largest absolute Gasteiger partial charge is 0.493 e. The molecule has 3 heteroatoms. The molecular weight excluding hydrogens is 212 g/mol. The van der Waals surface area contributed by atoms with E-state index in [1.165, 1.54) is 22.9 Å². The predicted octanol–water partition coefficient (Wildman–Crippen LogP) is 2.46. The first kappa shape index (κ1) is 10.7. The van der Waals surface area contributed by atoms with Gasteiger partial charge in [-0.3, -0.25) is 0 Å². The molecule has 0 amide bonds. The molecule has 1 aromatic carbocycles. The van der Waals surface area contributed by atoms with Crippen molar-refractivity contribution in [1.82, 2.24) is 10.3 Å². The maximum atomic E-state index is 5.87. The SMILES string of the molecule is Cc1c[nH]c2ccc(OCC3CCNC3)cc12. The zero-order valence-electron chi connectivity index (χ0n) is 10.1. The quantitative estimate of drug-likeness (QED) is 0.850. The van der Waals surface area contributed by atoms with Gasteiger partial charge < -0.3 is 15.0 Å². The second-order valence-electron chi connectivity index (χ2n) is 4.85. The van der Waals surface area contributed by atoms with Crippen LogP contribution in [0.3, 0.4) is 0 Å². The van der Waals surface area contributed by atoms with Crippen molar-refractivity contribution in [2.45, 2.75) is 13.3 Å². The molecule has 0 spiro atoms. The van der Waals surface area contributed by atoms with Crippen LogP contribution in [-0.4, -0.2) is 24.7 Å². The van der Waals surface area contributed by atoms with E-state index in [0.717, 1.165) is 25.4 Å². The van der Waals surface area contributed by atoms with Crippen LogP contribution < -0.4 is 10.1 Å². The average molecular weight is 230 g/mol. The summed E-state index contributed by atoms with van der Waals surface area (Å²) in [5.74, 6) is 1.64. The summed E-state index contributed by atoms with van der Waals surface area (Å²) in [6.07, 6.45) is 3.26. The molecule has 1 unspecified atom stereocenters. The lowest BCUT2D eigenvalue weighted by atomic mass is 10.1. The van der Waals surface area contributed by atoms with Crippen molar-refractivity contribution in [3.8, 4) is 5.75 Å². The highest BCUT2D eigenvalue weighted by atomic mass is 16.5. The number of rotatable bonds is 3. The van der Waals surface area contributed by atoms with Gasteiger partial charge in [0, 0.05) is 29.6 Å². The minimum Gasteiger partial charge on any atom is -0.493 e. The van der Waals surface area contributed by atoms with E-state index in [1.54, 1.807) is 0 Å². The fourth-order valence-electron chi connectivity index (χ4n) is 2.40. The second-order valence-corrected chi connectivity index (χ2v) is 4.85. The molecule has 2 heterocycles. The third kappa shape index (κ3) is 2.15. The maximum Gasteiger partial charge on any atom is 0.120 e. The molecule has 1 aliphatic rings. The number of hydrogen-bond donors (Lipinski definition) is 2. The number of nitrogens with one attached hydrogen (secondary N) is 2. The third-order valence-corrected chi connectivity index (χ3v) is 3.51. The fourth-order valence-corrected chi connectivity index (χ4v) is 2.40. The number of hydrogen-bond acceptors (Lipinski definition) is 2. The van der Waals surface area contributed by atoms with Gasteiger partial charge in [-0.05, 0) is 43.7 Å². The molecular formula is C14H18N2O. The number of aromatic amines is 1. The standard InChI is InChI=1S/C14H18N2O/c1-10-7-16-14-3-2-12(6-13(10)14)17-9-11-4-5-15-8-11/h2-3,6-7,11,15-16H,4-5,8-9H2,1H3. The van der Waals surface area contributed by atoms with Crippen LogP contribution in [0, 0.1) is 12.8 Å². The van der Waals surface area contributed by atoms with Crippen LogP contribution in [0.2, 0.25) is 0 Å². The number of aromatic nitrogens is 1. The van der Waals surface area contributed by atoms with E-state index in [1.807, 2.05) is 12.3 Å². The molecule has 0 saturated carbocycles. The number of H-pyrrole nitrogens is 1. The van der Waals surface area contributed by atoms with Crippen LogP contribution in [0.15, 0.2) is 24.4 Å². The third-order valence-electron chi connectivity index (χ3n) is 3.51. The molecule has 0 radical (unpaired) electrons. The van der Waals surface area contributed by atoms with Gasteiger partial charge in [-0.2, -0.15) is 0 Å². The van der Waals surface area contributed by atoms with Crippen LogP contribution in [0.5, 0.6) is 5.75 Å². The van der Waals surface area contributed by atoms with E-state index in [2.05, 4.69) is 29.4 Å². The van der Waals surface area contributed by atoms with Crippen LogP contribution in [-0.2, 0) is 0 Å². The van der Waals surface area contributed by atoms with Crippen molar-refractivity contribution in [3.05, 3.63) is 30.0 Å². The molecule has 1 fully saturated rings. The lowest BCUT2D eigenvalue weighted by Gasteiger charge is -2.10. The highest BCUT2D eigenvalue weighted by molar-refractivity contribution is 5.84. The summed E-state index contributed by atoms with van der Waals surface area (Å²) in [4.78, 5) is 3.25. The minimum atomic E-state index is 0.665. The first-order chi connectivity index (χ1) is 8.33. The van der Waals surface area contributed by atoms with Crippen molar-refractivity contribution in [2.24, 2.45) is 5.92 Å². The van der Waals surface area contributed by atoms with Crippen LogP contribution in [0.25, 0.3) is 10.9 Å². The van der Waals surface area contributed by atoms with Gasteiger partial charge in [0.15, 0.2) is 0 Å². The van der Waals surface area contributed by atoms with Crippen molar-refractivity contribution in [3.63, 3.8) is 0 Å². The van der Waals surface area contributed by atoms with Crippen LogP contribution in [0.4, 0.5) is 0 Å². The van der Waals surface area contributed by atoms with Gasteiger partial charge in [-0.15, -0.1) is 0 Å². The molecule has 3 nitrogen and oxygen atoms in total. The first-order valence-electron chi connectivity index (χ1n) is 6.24. The Balaban J connectivity index is 1.73. The summed E-state index contributed by atoms with van der Waals surface area (Å²) in [6, 6.07) is 6.26. The van der Waals surface area contributed by atoms with Gasteiger partial charge in [0.2, 0.25) is 0 Å². The smallest absolute Gasteiger partial charge is 0.120 e. The zero-order valence-corrected chi connectivity index (χ0v) is 10.1. The number of ether oxygens (including phenoxy) is 1. The molecule has 1 aromatic heterocycles. The van der Waals surface area contributed by atoms with Crippen LogP contribution >= 0.6 is 0 Å². The minimum absolute atomic E-state index is 0.665. The van der Waals surface area contributed by atoms with E-state index in [4.69, 9.17) is 4.74 Å². The second kappa shape index (κ2) is 4.41. The summed E-state index contributed by atoms with van der Waals surface area (Å²) in [5.41, 5.74) is 2.45. The van der Waals surface area contributed by atoms with Crippen molar-refractivity contribution in [2.75, 3.05) is 19.7 Å². The highest BCUT2D eigenvalue weighted by Gasteiger charge is 2.14. The van der Waals surface area contributed by atoms with Crippen molar-refractivity contribution < 1.29 is 4.74 Å². The lowest BCUT2D eigenvalue weighted by Crippen LogP contribution is -2.15.